The zero-order valence-electron chi connectivity index (χ0n) is 16.1. The Balaban J connectivity index is 1.84. The molecule has 2 N–H and O–H groups in total. The number of hydrogen-bond acceptors (Lipinski definition) is 6. The molecule has 0 fully saturated rings. The van der Waals surface area contributed by atoms with Crippen LogP contribution in [0.4, 0.5) is 11.4 Å². The second kappa shape index (κ2) is 11.8. The number of nitro benzene ring substituents is 1. The van der Waals surface area contributed by atoms with Crippen molar-refractivity contribution in [2.45, 2.75) is 12.2 Å². The van der Waals surface area contributed by atoms with Crippen molar-refractivity contribution in [2.75, 3.05) is 31.3 Å². The minimum Gasteiger partial charge on any atom is -0.385 e. The Morgan fingerprint density at radius 3 is 2.55 bits per heavy atom. The molecule has 0 radical (unpaired) electrons. The average Bonchev–Trinajstić information content (AvgIpc) is 2.72. The molecule has 0 heterocycles. The van der Waals surface area contributed by atoms with Crippen molar-refractivity contribution in [1.82, 2.24) is 5.32 Å². The molecule has 2 rings (SSSR count). The summed E-state index contributed by atoms with van der Waals surface area (Å²) in [6, 6.07) is 13.1. The Kier molecular flexibility index (Phi) is 9.13. The van der Waals surface area contributed by atoms with E-state index >= 15 is 0 Å². The summed E-state index contributed by atoms with van der Waals surface area (Å²) >= 11 is 1.39. The fourth-order valence-corrected chi connectivity index (χ4v) is 3.25. The molecule has 0 atom stereocenters. The van der Waals surface area contributed by atoms with Gasteiger partial charge in [0.15, 0.2) is 0 Å². The van der Waals surface area contributed by atoms with Crippen molar-refractivity contribution in [3.8, 4) is 0 Å². The minimum absolute atomic E-state index is 0.0357. The fraction of sp³-hybridized carbons (Fsp3) is 0.300. The smallest absolute Gasteiger partial charge is 0.269 e. The number of carbonyl (C=O) groups excluding carboxylic acids is 2. The van der Waals surface area contributed by atoms with E-state index in [1.165, 1.54) is 23.9 Å². The van der Waals surface area contributed by atoms with Crippen LogP contribution >= 0.6 is 11.8 Å². The molecule has 154 valence electrons. The first-order valence-corrected chi connectivity index (χ1v) is 10.1. The summed E-state index contributed by atoms with van der Waals surface area (Å²) in [5.74, 6) is 0.264. The van der Waals surface area contributed by atoms with Gasteiger partial charge >= 0.3 is 0 Å². The van der Waals surface area contributed by atoms with Gasteiger partial charge in [-0.1, -0.05) is 24.3 Å². The first kappa shape index (κ1) is 22.4. The van der Waals surface area contributed by atoms with Crippen molar-refractivity contribution in [1.29, 1.82) is 0 Å². The summed E-state index contributed by atoms with van der Waals surface area (Å²) in [4.78, 5) is 34.8. The molecule has 2 amide bonds. The number of thioether (sulfide) groups is 1. The Morgan fingerprint density at radius 2 is 1.86 bits per heavy atom. The van der Waals surface area contributed by atoms with E-state index in [0.717, 1.165) is 5.56 Å². The first-order valence-electron chi connectivity index (χ1n) is 8.98. The molecule has 8 nitrogen and oxygen atoms in total. The second-order valence-electron chi connectivity index (χ2n) is 6.11. The monoisotopic (exact) mass is 417 g/mol. The molecular formula is C20H23N3O5S. The predicted molar refractivity (Wildman–Crippen MR) is 113 cm³/mol. The number of rotatable bonds is 11. The number of hydrogen-bond donors (Lipinski definition) is 2. The van der Waals surface area contributed by atoms with Gasteiger partial charge in [0.2, 0.25) is 5.91 Å². The molecule has 9 heteroatoms. The summed E-state index contributed by atoms with van der Waals surface area (Å²) in [6.45, 7) is 1.05. The van der Waals surface area contributed by atoms with Crippen LogP contribution in [-0.4, -0.2) is 42.8 Å². The highest BCUT2D eigenvalue weighted by Gasteiger charge is 2.13. The number of nitrogens with zero attached hydrogens (tertiary/aromatic N) is 1. The van der Waals surface area contributed by atoms with Crippen LogP contribution in [-0.2, 0) is 15.3 Å². The van der Waals surface area contributed by atoms with Crippen molar-refractivity contribution in [2.24, 2.45) is 0 Å². The molecule has 0 spiro atoms. The third-order valence-corrected chi connectivity index (χ3v) is 4.91. The molecule has 0 bridgehead atoms. The van der Waals surface area contributed by atoms with Gasteiger partial charge in [0.1, 0.15) is 0 Å². The Labute approximate surface area is 173 Å². The SMILES string of the molecule is COCCCNC(=O)c1ccccc1NC(=O)CSCc1ccc([N+](=O)[O-])cc1. The van der Waals surface area contributed by atoms with E-state index in [1.54, 1.807) is 43.5 Å². The molecule has 2 aromatic carbocycles. The summed E-state index contributed by atoms with van der Waals surface area (Å²) in [6.07, 6.45) is 0.704. The Bertz CT molecular complexity index is 842. The number of nitro groups is 1. The Hall–Kier alpha value is -2.91. The fourth-order valence-electron chi connectivity index (χ4n) is 2.47. The van der Waals surface area contributed by atoms with Crippen molar-refractivity contribution < 1.29 is 19.2 Å². The number of carbonyl (C=O) groups is 2. The molecule has 0 saturated heterocycles. The van der Waals surface area contributed by atoms with Gasteiger partial charge in [-0.3, -0.25) is 19.7 Å². The molecule has 0 unspecified atom stereocenters. The third-order valence-electron chi connectivity index (χ3n) is 3.91. The van der Waals surface area contributed by atoms with Gasteiger partial charge in [0.05, 0.1) is 21.9 Å². The van der Waals surface area contributed by atoms with Gasteiger partial charge in [-0.05, 0) is 24.1 Å². The highest BCUT2D eigenvalue weighted by Crippen LogP contribution is 2.18. The van der Waals surface area contributed by atoms with Gasteiger partial charge < -0.3 is 15.4 Å². The lowest BCUT2D eigenvalue weighted by molar-refractivity contribution is -0.384. The van der Waals surface area contributed by atoms with Crippen LogP contribution in [0.5, 0.6) is 0 Å². The Morgan fingerprint density at radius 1 is 1.14 bits per heavy atom. The van der Waals surface area contributed by atoms with Crippen LogP contribution in [0.3, 0.4) is 0 Å². The van der Waals surface area contributed by atoms with Crippen molar-refractivity contribution in [3.05, 3.63) is 69.8 Å². The number of benzene rings is 2. The van der Waals surface area contributed by atoms with E-state index in [0.29, 0.717) is 36.6 Å². The van der Waals surface area contributed by atoms with Crippen LogP contribution < -0.4 is 10.6 Å². The normalized spacial score (nSPS) is 10.4. The third kappa shape index (κ3) is 7.55. The van der Waals surface area contributed by atoms with Crippen molar-refractivity contribution in [3.63, 3.8) is 0 Å². The van der Waals surface area contributed by atoms with Gasteiger partial charge in [0, 0.05) is 38.1 Å². The van der Waals surface area contributed by atoms with E-state index in [9.17, 15) is 19.7 Å². The summed E-state index contributed by atoms with van der Waals surface area (Å²) in [5.41, 5.74) is 1.79. The maximum absolute atomic E-state index is 12.3. The van der Waals surface area contributed by atoms with Crippen LogP contribution in [0.2, 0.25) is 0 Å². The largest absolute Gasteiger partial charge is 0.385 e. The van der Waals surface area contributed by atoms with Crippen LogP contribution in [0.25, 0.3) is 0 Å². The lowest BCUT2D eigenvalue weighted by Crippen LogP contribution is -2.27. The molecule has 2 aromatic rings. The number of para-hydroxylation sites is 1. The van der Waals surface area contributed by atoms with Crippen LogP contribution in [0.1, 0.15) is 22.3 Å². The first-order chi connectivity index (χ1) is 14.0. The van der Waals surface area contributed by atoms with Crippen molar-refractivity contribution >= 4 is 35.0 Å². The number of anilines is 1. The molecule has 29 heavy (non-hydrogen) atoms. The van der Waals surface area contributed by atoms with E-state index in [2.05, 4.69) is 10.6 Å². The van der Waals surface area contributed by atoms with Gasteiger partial charge in [-0.15, -0.1) is 11.8 Å². The van der Waals surface area contributed by atoms with E-state index in [1.807, 2.05) is 0 Å². The minimum atomic E-state index is -0.449. The molecule has 0 aromatic heterocycles. The summed E-state index contributed by atoms with van der Waals surface area (Å²) < 4.78 is 4.95. The highest BCUT2D eigenvalue weighted by molar-refractivity contribution is 7.99. The summed E-state index contributed by atoms with van der Waals surface area (Å²) in [5, 5.41) is 16.2. The number of amides is 2. The topological polar surface area (TPSA) is 111 Å². The van der Waals surface area contributed by atoms with E-state index < -0.39 is 4.92 Å². The summed E-state index contributed by atoms with van der Waals surface area (Å²) in [7, 11) is 1.60. The zero-order chi connectivity index (χ0) is 21.1. The molecular weight excluding hydrogens is 394 g/mol. The molecule has 0 aliphatic heterocycles. The predicted octanol–water partition coefficient (Wildman–Crippen LogP) is 3.23. The number of methoxy groups -OCH3 is 1. The zero-order valence-corrected chi connectivity index (χ0v) is 16.9. The number of nitrogens with one attached hydrogen (secondary N) is 2. The maximum Gasteiger partial charge on any atom is 0.269 e. The lowest BCUT2D eigenvalue weighted by atomic mass is 10.1. The molecule has 0 aliphatic rings. The van der Waals surface area contributed by atoms with Gasteiger partial charge in [-0.25, -0.2) is 0 Å². The van der Waals surface area contributed by atoms with Crippen LogP contribution in [0, 0.1) is 10.1 Å². The van der Waals surface area contributed by atoms with E-state index in [4.69, 9.17) is 4.74 Å². The van der Waals surface area contributed by atoms with Gasteiger partial charge in [-0.2, -0.15) is 0 Å². The maximum atomic E-state index is 12.3. The molecule has 0 aliphatic carbocycles. The molecule has 0 saturated carbocycles. The number of non-ortho nitro benzene ring substituents is 1. The van der Waals surface area contributed by atoms with Crippen LogP contribution in [0.15, 0.2) is 48.5 Å². The van der Waals surface area contributed by atoms with E-state index in [-0.39, 0.29) is 23.3 Å². The standard InChI is InChI=1S/C20H23N3O5S/c1-28-12-4-11-21-20(25)17-5-2-3-6-18(17)22-19(24)14-29-13-15-7-9-16(10-8-15)23(26)27/h2-3,5-10H,4,11-14H2,1H3,(H,21,25)(H,22,24). The second-order valence-corrected chi connectivity index (χ2v) is 7.10. The highest BCUT2D eigenvalue weighted by atomic mass is 32.2. The average molecular weight is 417 g/mol. The van der Waals surface area contributed by atoms with Gasteiger partial charge in [0.25, 0.3) is 11.6 Å². The number of ether oxygens (including phenoxy) is 1. The quantitative estimate of drug-likeness (QED) is 0.330. The lowest BCUT2D eigenvalue weighted by Gasteiger charge is -2.11.